The van der Waals surface area contributed by atoms with Gasteiger partial charge in [-0.05, 0) is 31.5 Å². The Morgan fingerprint density at radius 3 is 2.58 bits per heavy atom. The number of aryl methyl sites for hydroxylation is 1. The van der Waals surface area contributed by atoms with E-state index in [9.17, 15) is 13.2 Å². The van der Waals surface area contributed by atoms with Crippen molar-refractivity contribution >= 4 is 21.6 Å². The van der Waals surface area contributed by atoms with Gasteiger partial charge in [-0.2, -0.15) is 4.31 Å². The molecule has 1 aromatic carbocycles. The average Bonchev–Trinajstić information content (AvgIpc) is 2.62. The number of carbonyl (C=O) groups excluding carboxylic acids is 1. The number of hydrogen-bond donors (Lipinski definition) is 1. The summed E-state index contributed by atoms with van der Waals surface area (Å²) in [5, 5.41) is 3.21. The average molecular weight is 381 g/mol. The summed E-state index contributed by atoms with van der Waals surface area (Å²) in [7, 11) is -3.57. The first-order chi connectivity index (χ1) is 12.4. The van der Waals surface area contributed by atoms with Crippen LogP contribution in [0.3, 0.4) is 0 Å². The van der Waals surface area contributed by atoms with Crippen molar-refractivity contribution in [1.29, 1.82) is 0 Å². The number of nitrogens with one attached hydrogen (secondary N) is 1. The summed E-state index contributed by atoms with van der Waals surface area (Å²) >= 11 is 0. The van der Waals surface area contributed by atoms with E-state index in [1.165, 1.54) is 9.87 Å². The molecule has 0 aromatic heterocycles. The molecule has 144 valence electrons. The normalized spacial score (nSPS) is 22.5. The first-order valence-corrected chi connectivity index (χ1v) is 10.8. The van der Waals surface area contributed by atoms with E-state index >= 15 is 0 Å². The van der Waals surface area contributed by atoms with Gasteiger partial charge in [-0.3, -0.25) is 4.79 Å². The largest absolute Gasteiger partial charge is 0.369 e. The zero-order valence-corrected chi connectivity index (χ0v) is 16.3. The van der Waals surface area contributed by atoms with Gasteiger partial charge in [0.1, 0.15) is 5.75 Å². The van der Waals surface area contributed by atoms with E-state index in [2.05, 4.69) is 16.3 Å². The van der Waals surface area contributed by atoms with E-state index in [1.807, 2.05) is 32.0 Å². The van der Waals surface area contributed by atoms with Crippen LogP contribution in [0.5, 0.6) is 0 Å². The molecule has 0 bridgehead atoms. The van der Waals surface area contributed by atoms with Crippen molar-refractivity contribution in [2.45, 2.75) is 19.9 Å². The fourth-order valence-electron chi connectivity index (χ4n) is 3.59. The second-order valence-electron chi connectivity index (χ2n) is 7.12. The number of hydrogen-bond acceptors (Lipinski definition) is 5. The van der Waals surface area contributed by atoms with E-state index in [1.54, 1.807) is 4.90 Å². The number of sulfonamides is 1. The zero-order chi connectivity index (χ0) is 18.7. The van der Waals surface area contributed by atoms with Crippen LogP contribution in [0, 0.1) is 6.92 Å². The molecule has 1 atom stereocenters. The van der Waals surface area contributed by atoms with Crippen molar-refractivity contribution in [3.05, 3.63) is 29.8 Å². The number of carbonyl (C=O) groups is 1. The van der Waals surface area contributed by atoms with E-state index in [0.29, 0.717) is 45.8 Å². The van der Waals surface area contributed by atoms with Gasteiger partial charge in [-0.25, -0.2) is 8.42 Å². The van der Waals surface area contributed by atoms with Crippen LogP contribution in [0.15, 0.2) is 24.3 Å². The zero-order valence-electron chi connectivity index (χ0n) is 15.5. The van der Waals surface area contributed by atoms with Gasteiger partial charge in [0.25, 0.3) is 0 Å². The van der Waals surface area contributed by atoms with E-state index in [4.69, 9.17) is 0 Å². The van der Waals surface area contributed by atoms with Crippen molar-refractivity contribution in [2.75, 3.05) is 56.5 Å². The smallest absolute Gasteiger partial charge is 0.239 e. The van der Waals surface area contributed by atoms with Crippen molar-refractivity contribution in [3.63, 3.8) is 0 Å². The Bertz CT molecular complexity index is 745. The third-order valence-corrected chi connectivity index (χ3v) is 6.89. The molecule has 1 N–H and O–H groups in total. The molecular formula is C18H28N4O3S. The summed E-state index contributed by atoms with van der Waals surface area (Å²) in [6.07, 6.45) is 0. The molecule has 26 heavy (non-hydrogen) atoms. The Labute approximate surface area is 156 Å². The minimum absolute atomic E-state index is 0.0321. The maximum absolute atomic E-state index is 12.7. The molecule has 3 rings (SSSR count). The number of piperazine rings is 2. The third kappa shape index (κ3) is 4.36. The molecule has 0 aliphatic carbocycles. The topological polar surface area (TPSA) is 73.0 Å². The van der Waals surface area contributed by atoms with Crippen LogP contribution in [0.2, 0.25) is 0 Å². The van der Waals surface area contributed by atoms with E-state index < -0.39 is 15.8 Å². The van der Waals surface area contributed by atoms with Crippen LogP contribution in [0.1, 0.15) is 12.5 Å². The standard InChI is InChI=1S/C18H28N4O3S/c1-15-4-3-5-17(12-15)20-8-10-21(11-9-20)26(24,25)14-18(23)22-7-6-19-13-16(22)2/h3-5,12,16,19H,6-11,13-14H2,1-2H3/t16-/m0/s1. The monoisotopic (exact) mass is 380 g/mol. The predicted octanol–water partition coefficient (Wildman–Crippen LogP) is 0.267. The molecule has 2 aliphatic rings. The number of nitrogens with zero attached hydrogens (tertiary/aromatic N) is 3. The number of benzene rings is 1. The van der Waals surface area contributed by atoms with Crippen LogP contribution in [-0.2, 0) is 14.8 Å². The van der Waals surface area contributed by atoms with Gasteiger partial charge in [0.2, 0.25) is 15.9 Å². The van der Waals surface area contributed by atoms with E-state index in [0.717, 1.165) is 5.69 Å². The molecule has 1 aromatic rings. The van der Waals surface area contributed by atoms with Crippen LogP contribution in [0.25, 0.3) is 0 Å². The highest BCUT2D eigenvalue weighted by atomic mass is 32.2. The lowest BCUT2D eigenvalue weighted by Crippen LogP contribution is -2.55. The van der Waals surface area contributed by atoms with E-state index in [-0.39, 0.29) is 11.9 Å². The summed E-state index contributed by atoms with van der Waals surface area (Å²) < 4.78 is 26.8. The highest BCUT2D eigenvalue weighted by molar-refractivity contribution is 7.89. The Hall–Kier alpha value is -1.64. The molecule has 1 amide bonds. The molecule has 0 radical (unpaired) electrons. The molecule has 7 nitrogen and oxygen atoms in total. The molecule has 8 heteroatoms. The fourth-order valence-corrected chi connectivity index (χ4v) is 4.97. The second-order valence-corrected chi connectivity index (χ2v) is 9.09. The third-order valence-electron chi connectivity index (χ3n) is 5.13. The highest BCUT2D eigenvalue weighted by Crippen LogP contribution is 2.19. The Balaban J connectivity index is 1.58. The lowest BCUT2D eigenvalue weighted by molar-refractivity contribution is -0.131. The molecule has 0 unspecified atom stereocenters. The predicted molar refractivity (Wildman–Crippen MR) is 103 cm³/mol. The minimum atomic E-state index is -3.57. The summed E-state index contributed by atoms with van der Waals surface area (Å²) in [6, 6.07) is 8.25. The van der Waals surface area contributed by atoms with Gasteiger partial charge in [0, 0.05) is 57.5 Å². The number of anilines is 1. The maximum Gasteiger partial charge on any atom is 0.239 e. The van der Waals surface area contributed by atoms with Crippen molar-refractivity contribution in [1.82, 2.24) is 14.5 Å². The lowest BCUT2D eigenvalue weighted by atomic mass is 10.2. The Morgan fingerprint density at radius 1 is 1.19 bits per heavy atom. The molecule has 2 aliphatic heterocycles. The summed E-state index contributed by atoms with van der Waals surface area (Å²) in [6.45, 7) is 8.09. The first-order valence-electron chi connectivity index (χ1n) is 9.16. The van der Waals surface area contributed by atoms with Gasteiger partial charge in [-0.1, -0.05) is 12.1 Å². The fraction of sp³-hybridized carbons (Fsp3) is 0.611. The summed E-state index contributed by atoms with van der Waals surface area (Å²) in [4.78, 5) is 16.3. The van der Waals surface area contributed by atoms with Gasteiger partial charge in [-0.15, -0.1) is 0 Å². The SMILES string of the molecule is Cc1cccc(N2CCN(S(=O)(=O)CC(=O)N3CCNC[C@@H]3C)CC2)c1. The number of amides is 1. The summed E-state index contributed by atoms with van der Waals surface area (Å²) in [5.74, 6) is -0.720. The molecule has 2 fully saturated rings. The van der Waals surface area contributed by atoms with Crippen LogP contribution in [-0.4, -0.2) is 81.1 Å². The molecular weight excluding hydrogens is 352 g/mol. The Morgan fingerprint density at radius 2 is 1.92 bits per heavy atom. The lowest BCUT2D eigenvalue weighted by Gasteiger charge is -2.37. The maximum atomic E-state index is 12.7. The van der Waals surface area contributed by atoms with Gasteiger partial charge >= 0.3 is 0 Å². The van der Waals surface area contributed by atoms with Crippen molar-refractivity contribution in [2.24, 2.45) is 0 Å². The second kappa shape index (κ2) is 7.94. The molecule has 0 spiro atoms. The van der Waals surface area contributed by atoms with Gasteiger partial charge in [0.15, 0.2) is 0 Å². The number of rotatable bonds is 4. The van der Waals surface area contributed by atoms with Crippen LogP contribution < -0.4 is 10.2 Å². The quantitative estimate of drug-likeness (QED) is 0.812. The van der Waals surface area contributed by atoms with Crippen LogP contribution >= 0.6 is 0 Å². The summed E-state index contributed by atoms with van der Waals surface area (Å²) in [5.41, 5.74) is 2.31. The molecule has 2 heterocycles. The molecule has 0 saturated carbocycles. The first kappa shape index (κ1) is 19.1. The van der Waals surface area contributed by atoms with Crippen molar-refractivity contribution < 1.29 is 13.2 Å². The highest BCUT2D eigenvalue weighted by Gasteiger charge is 2.32. The van der Waals surface area contributed by atoms with Gasteiger partial charge in [0.05, 0.1) is 0 Å². The minimum Gasteiger partial charge on any atom is -0.369 e. The van der Waals surface area contributed by atoms with Gasteiger partial charge < -0.3 is 15.1 Å². The Kier molecular flexibility index (Phi) is 5.84. The van der Waals surface area contributed by atoms with Crippen LogP contribution in [0.4, 0.5) is 5.69 Å². The van der Waals surface area contributed by atoms with Crippen molar-refractivity contribution in [3.8, 4) is 0 Å². The molecule has 2 saturated heterocycles.